The molecular weight excluding hydrogens is 408 g/mol. The fourth-order valence-electron chi connectivity index (χ4n) is 2.89. The zero-order valence-corrected chi connectivity index (χ0v) is 16.5. The van der Waals surface area contributed by atoms with Crippen LogP contribution in [0.15, 0.2) is 36.4 Å². The second kappa shape index (κ2) is 7.38. The molecule has 0 saturated heterocycles. The lowest BCUT2D eigenvalue weighted by Crippen LogP contribution is -2.26. The molecule has 6 nitrogen and oxygen atoms in total. The number of benzene rings is 2. The number of primary amides is 1. The lowest BCUT2D eigenvalue weighted by Gasteiger charge is -2.19. The van der Waals surface area contributed by atoms with E-state index in [4.69, 9.17) is 33.5 Å². The summed E-state index contributed by atoms with van der Waals surface area (Å²) in [5.41, 5.74) is 6.23. The highest BCUT2D eigenvalue weighted by Gasteiger charge is 2.36. The van der Waals surface area contributed by atoms with E-state index in [-0.39, 0.29) is 33.5 Å². The molecule has 3 rings (SSSR count). The number of rotatable bonds is 5. The maximum absolute atomic E-state index is 14.1. The van der Waals surface area contributed by atoms with Crippen LogP contribution in [0, 0.1) is 11.3 Å². The fraction of sp³-hybridized carbons (Fsp3) is 0.111. The Labute approximate surface area is 165 Å². The average molecular weight is 422 g/mol. The molecule has 1 amide bonds. The molecule has 3 N–H and O–H groups in total. The van der Waals surface area contributed by atoms with Gasteiger partial charge in [-0.2, -0.15) is 5.26 Å². The van der Waals surface area contributed by atoms with Crippen molar-refractivity contribution in [2.45, 2.75) is 6.92 Å². The first kappa shape index (κ1) is 19.5. The summed E-state index contributed by atoms with van der Waals surface area (Å²) in [5, 5.41) is 10.6. The normalized spacial score (nSPS) is 13.3. The molecule has 0 aliphatic heterocycles. The van der Waals surface area contributed by atoms with Gasteiger partial charge >= 0.3 is 0 Å². The smallest absolute Gasteiger partial charge is 0.266 e. The summed E-state index contributed by atoms with van der Waals surface area (Å²) >= 11 is 12.2. The van der Waals surface area contributed by atoms with Gasteiger partial charge in [0.25, 0.3) is 13.3 Å². The number of halogens is 2. The van der Waals surface area contributed by atoms with Crippen molar-refractivity contribution in [3.8, 4) is 6.07 Å². The van der Waals surface area contributed by atoms with Crippen molar-refractivity contribution in [2.75, 3.05) is 6.61 Å². The number of hydrogen-bond donors (Lipinski definition) is 2. The first-order valence-electron chi connectivity index (χ1n) is 7.87. The maximum atomic E-state index is 14.1. The van der Waals surface area contributed by atoms with Gasteiger partial charge in [-0.25, -0.2) is 0 Å². The summed E-state index contributed by atoms with van der Waals surface area (Å²) in [6, 6.07) is 11.2. The van der Waals surface area contributed by atoms with Crippen LogP contribution in [0.1, 0.15) is 23.0 Å². The number of nitriles is 1. The van der Waals surface area contributed by atoms with Crippen LogP contribution in [0.5, 0.6) is 0 Å². The molecule has 0 saturated carbocycles. The highest BCUT2D eigenvalue weighted by Crippen LogP contribution is 2.48. The van der Waals surface area contributed by atoms with Crippen molar-refractivity contribution in [3.63, 3.8) is 0 Å². The molecule has 1 atom stereocenters. The van der Waals surface area contributed by atoms with E-state index in [2.05, 4.69) is 4.98 Å². The monoisotopic (exact) mass is 421 g/mol. The van der Waals surface area contributed by atoms with Crippen LogP contribution >= 0.6 is 30.6 Å². The number of carbonyl (C=O) groups excluding carboxylic acids is 1. The minimum absolute atomic E-state index is 0.0393. The number of fused-ring (bicyclic) bond motifs is 1. The highest BCUT2D eigenvalue weighted by molar-refractivity contribution is 7.75. The number of nitrogens with zero attached hydrogens (tertiary/aromatic N) is 1. The van der Waals surface area contributed by atoms with E-state index >= 15 is 0 Å². The Morgan fingerprint density at radius 3 is 2.63 bits per heavy atom. The zero-order chi connectivity index (χ0) is 19.8. The number of amides is 1. The van der Waals surface area contributed by atoms with Crippen LogP contribution in [-0.2, 0) is 9.09 Å². The summed E-state index contributed by atoms with van der Waals surface area (Å²) < 4.78 is 19.8. The van der Waals surface area contributed by atoms with E-state index in [9.17, 15) is 14.6 Å². The molecule has 2 aromatic carbocycles. The predicted octanol–water partition coefficient (Wildman–Crippen LogP) is 3.71. The number of H-pyrrole nitrogens is 1. The number of aromatic amines is 1. The van der Waals surface area contributed by atoms with E-state index in [0.29, 0.717) is 15.9 Å². The molecule has 1 unspecified atom stereocenters. The van der Waals surface area contributed by atoms with Crippen molar-refractivity contribution in [3.05, 3.63) is 57.7 Å². The fourth-order valence-corrected chi connectivity index (χ4v) is 5.86. The zero-order valence-electron chi connectivity index (χ0n) is 14.1. The first-order chi connectivity index (χ1) is 12.8. The van der Waals surface area contributed by atoms with Crippen LogP contribution in [0.2, 0.25) is 10.0 Å². The number of carbonyl (C=O) groups is 1. The molecular formula is C18H14Cl2N3O3P. The summed E-state index contributed by atoms with van der Waals surface area (Å²) in [7, 11) is -3.83. The third-order valence-electron chi connectivity index (χ3n) is 3.94. The Kier molecular flexibility index (Phi) is 5.32. The minimum Gasteiger partial charge on any atom is -0.364 e. The maximum Gasteiger partial charge on any atom is 0.266 e. The third-order valence-corrected chi connectivity index (χ3v) is 7.00. The van der Waals surface area contributed by atoms with E-state index in [1.807, 2.05) is 6.07 Å². The molecule has 0 fully saturated rings. The Morgan fingerprint density at radius 2 is 2.00 bits per heavy atom. The van der Waals surface area contributed by atoms with Crippen molar-refractivity contribution in [2.24, 2.45) is 5.73 Å². The lowest BCUT2D eigenvalue weighted by atomic mass is 10.2. The van der Waals surface area contributed by atoms with Gasteiger partial charge in [0, 0.05) is 26.3 Å². The molecule has 1 aromatic heterocycles. The number of nitrogens with two attached hydrogens (primary N) is 1. The average Bonchev–Trinajstić information content (AvgIpc) is 3.00. The van der Waals surface area contributed by atoms with E-state index < -0.39 is 13.3 Å². The van der Waals surface area contributed by atoms with Gasteiger partial charge in [-0.15, -0.1) is 0 Å². The van der Waals surface area contributed by atoms with Gasteiger partial charge in [0.15, 0.2) is 0 Å². The molecule has 138 valence electrons. The molecule has 0 radical (unpaired) electrons. The Bertz CT molecular complexity index is 1150. The predicted molar refractivity (Wildman–Crippen MR) is 106 cm³/mol. The molecule has 0 aliphatic carbocycles. The van der Waals surface area contributed by atoms with Gasteiger partial charge in [0.2, 0.25) is 0 Å². The molecule has 9 heteroatoms. The van der Waals surface area contributed by atoms with Crippen LogP contribution in [-0.4, -0.2) is 17.5 Å². The molecule has 3 aromatic rings. The van der Waals surface area contributed by atoms with Gasteiger partial charge in [-0.05, 0) is 43.3 Å². The lowest BCUT2D eigenvalue weighted by molar-refractivity contribution is 0.0997. The van der Waals surface area contributed by atoms with Crippen molar-refractivity contribution < 1.29 is 13.9 Å². The second-order valence-corrected chi connectivity index (χ2v) is 8.88. The molecule has 0 bridgehead atoms. The molecule has 0 spiro atoms. The Morgan fingerprint density at radius 1 is 1.26 bits per heavy atom. The molecule has 1 heterocycles. The molecule has 0 aliphatic rings. The summed E-state index contributed by atoms with van der Waals surface area (Å²) in [4.78, 5) is 14.9. The standard InChI is InChI=1S/C18H14Cl2N3O3P/c1-2-26-27(25,13-6-10(9-21)5-12(20)7-13)17-14-8-11(19)3-4-15(14)23-16(17)18(22)24/h3-8,23H,2H2,1H3,(H2,22,24). The van der Waals surface area contributed by atoms with Gasteiger partial charge in [-0.3, -0.25) is 9.36 Å². The Balaban J connectivity index is 2.43. The number of hydrogen-bond acceptors (Lipinski definition) is 4. The third kappa shape index (κ3) is 3.47. The van der Waals surface area contributed by atoms with E-state index in [1.54, 1.807) is 25.1 Å². The van der Waals surface area contributed by atoms with Gasteiger partial charge < -0.3 is 15.2 Å². The number of aromatic nitrogens is 1. The van der Waals surface area contributed by atoms with E-state index in [1.165, 1.54) is 18.2 Å². The van der Waals surface area contributed by atoms with Crippen molar-refractivity contribution >= 4 is 58.0 Å². The van der Waals surface area contributed by atoms with Gasteiger partial charge in [0.05, 0.1) is 23.5 Å². The van der Waals surface area contributed by atoms with Crippen LogP contribution < -0.4 is 16.3 Å². The van der Waals surface area contributed by atoms with Crippen LogP contribution in [0.25, 0.3) is 10.9 Å². The van der Waals surface area contributed by atoms with Gasteiger partial charge in [-0.1, -0.05) is 23.2 Å². The largest absolute Gasteiger partial charge is 0.364 e. The summed E-state index contributed by atoms with van der Waals surface area (Å²) in [6.45, 7) is 1.77. The topological polar surface area (TPSA) is 109 Å². The molecule has 27 heavy (non-hydrogen) atoms. The van der Waals surface area contributed by atoms with E-state index in [0.717, 1.165) is 0 Å². The highest BCUT2D eigenvalue weighted by atomic mass is 35.5. The quantitative estimate of drug-likeness (QED) is 0.611. The second-order valence-electron chi connectivity index (χ2n) is 5.68. The van der Waals surface area contributed by atoms with Crippen molar-refractivity contribution in [1.82, 2.24) is 4.98 Å². The van der Waals surface area contributed by atoms with Crippen molar-refractivity contribution in [1.29, 1.82) is 5.26 Å². The SMILES string of the molecule is CCOP(=O)(c1cc(Cl)cc(C#N)c1)c1c(C(N)=O)[nH]c2ccc(Cl)cc12. The summed E-state index contributed by atoms with van der Waals surface area (Å²) in [6.07, 6.45) is 0. The number of nitrogens with one attached hydrogen (secondary N) is 1. The first-order valence-corrected chi connectivity index (χ1v) is 10.3. The van der Waals surface area contributed by atoms with Crippen LogP contribution in [0.3, 0.4) is 0 Å². The minimum atomic E-state index is -3.83. The summed E-state index contributed by atoms with van der Waals surface area (Å²) in [5.74, 6) is -0.792. The Hall–Kier alpha value is -2.29. The van der Waals surface area contributed by atoms with Gasteiger partial charge in [0.1, 0.15) is 5.69 Å². The van der Waals surface area contributed by atoms with Crippen LogP contribution in [0.4, 0.5) is 0 Å².